The Morgan fingerprint density at radius 3 is 2.40 bits per heavy atom. The van der Waals surface area contributed by atoms with Crippen LogP contribution in [0.2, 0.25) is 0 Å². The summed E-state index contributed by atoms with van der Waals surface area (Å²) >= 11 is 0. The Morgan fingerprint density at radius 2 is 1.80 bits per heavy atom. The average molecular weight is 354 g/mol. The summed E-state index contributed by atoms with van der Waals surface area (Å²) in [4.78, 5) is 29.0. The molecule has 6 heteroatoms. The SMILES string of the molecule is CCCN1CCC(NC(=O)[C@H]2CCCN(C(=O)OC(C)(C)C)C2)CC1. The number of rotatable bonds is 4. The van der Waals surface area contributed by atoms with Crippen LogP contribution < -0.4 is 5.32 Å². The van der Waals surface area contributed by atoms with Crippen molar-refractivity contribution in [3.8, 4) is 0 Å². The van der Waals surface area contributed by atoms with E-state index in [-0.39, 0.29) is 24.0 Å². The van der Waals surface area contributed by atoms with E-state index in [9.17, 15) is 9.59 Å². The topological polar surface area (TPSA) is 61.9 Å². The lowest BCUT2D eigenvalue weighted by Gasteiger charge is -2.35. The van der Waals surface area contributed by atoms with Crippen molar-refractivity contribution in [2.75, 3.05) is 32.7 Å². The zero-order chi connectivity index (χ0) is 18.4. The van der Waals surface area contributed by atoms with Gasteiger partial charge in [-0.2, -0.15) is 0 Å². The van der Waals surface area contributed by atoms with Crippen molar-refractivity contribution in [1.29, 1.82) is 0 Å². The summed E-state index contributed by atoms with van der Waals surface area (Å²) in [5, 5.41) is 3.21. The maximum Gasteiger partial charge on any atom is 0.410 e. The van der Waals surface area contributed by atoms with Crippen LogP contribution in [-0.2, 0) is 9.53 Å². The Kier molecular flexibility index (Phi) is 7.11. The van der Waals surface area contributed by atoms with E-state index in [1.165, 1.54) is 6.42 Å². The number of piperidine rings is 2. The van der Waals surface area contributed by atoms with E-state index >= 15 is 0 Å². The monoisotopic (exact) mass is 353 g/mol. The highest BCUT2D eigenvalue weighted by Crippen LogP contribution is 2.20. The van der Waals surface area contributed by atoms with Gasteiger partial charge in [-0.3, -0.25) is 4.79 Å². The number of ether oxygens (including phenoxy) is 1. The molecule has 25 heavy (non-hydrogen) atoms. The molecule has 2 rings (SSSR count). The van der Waals surface area contributed by atoms with Crippen molar-refractivity contribution in [1.82, 2.24) is 15.1 Å². The van der Waals surface area contributed by atoms with Crippen molar-refractivity contribution in [2.24, 2.45) is 5.92 Å². The van der Waals surface area contributed by atoms with Gasteiger partial charge in [0.15, 0.2) is 0 Å². The molecule has 1 N–H and O–H groups in total. The van der Waals surface area contributed by atoms with Gasteiger partial charge in [0, 0.05) is 32.2 Å². The molecule has 2 fully saturated rings. The molecular formula is C19H35N3O3. The third kappa shape index (κ3) is 6.49. The van der Waals surface area contributed by atoms with E-state index in [1.54, 1.807) is 4.90 Å². The Hall–Kier alpha value is -1.30. The highest BCUT2D eigenvalue weighted by molar-refractivity contribution is 5.80. The van der Waals surface area contributed by atoms with Crippen molar-refractivity contribution < 1.29 is 14.3 Å². The molecule has 2 saturated heterocycles. The highest BCUT2D eigenvalue weighted by atomic mass is 16.6. The molecule has 2 amide bonds. The van der Waals surface area contributed by atoms with Gasteiger partial charge in [-0.1, -0.05) is 6.92 Å². The first-order valence-electron chi connectivity index (χ1n) is 9.79. The Labute approximate surface area is 152 Å². The van der Waals surface area contributed by atoms with Crippen molar-refractivity contribution in [2.45, 2.75) is 71.4 Å². The van der Waals surface area contributed by atoms with E-state index in [0.29, 0.717) is 13.1 Å². The van der Waals surface area contributed by atoms with E-state index in [0.717, 1.165) is 45.3 Å². The smallest absolute Gasteiger partial charge is 0.410 e. The summed E-state index contributed by atoms with van der Waals surface area (Å²) in [6, 6.07) is 0.275. The molecule has 0 aromatic rings. The van der Waals surface area contributed by atoms with Gasteiger partial charge in [0.1, 0.15) is 5.60 Å². The third-order valence-corrected chi connectivity index (χ3v) is 4.92. The largest absolute Gasteiger partial charge is 0.444 e. The van der Waals surface area contributed by atoms with Gasteiger partial charge in [-0.15, -0.1) is 0 Å². The van der Waals surface area contributed by atoms with Crippen LogP contribution in [0.25, 0.3) is 0 Å². The van der Waals surface area contributed by atoms with Crippen LogP contribution in [0.1, 0.15) is 59.8 Å². The molecule has 2 heterocycles. The predicted molar refractivity (Wildman–Crippen MR) is 98.4 cm³/mol. The first-order chi connectivity index (χ1) is 11.8. The van der Waals surface area contributed by atoms with Crippen LogP contribution in [0.15, 0.2) is 0 Å². The minimum absolute atomic E-state index is 0.0993. The molecule has 144 valence electrons. The number of carbonyl (C=O) groups excluding carboxylic acids is 2. The summed E-state index contributed by atoms with van der Waals surface area (Å²) in [6.07, 6.45) is 4.62. The quantitative estimate of drug-likeness (QED) is 0.844. The normalized spacial score (nSPS) is 23.4. The van der Waals surface area contributed by atoms with Crippen molar-refractivity contribution in [3.63, 3.8) is 0 Å². The van der Waals surface area contributed by atoms with Crippen molar-refractivity contribution in [3.05, 3.63) is 0 Å². The Bertz CT molecular complexity index is 453. The first-order valence-corrected chi connectivity index (χ1v) is 9.79. The van der Waals surface area contributed by atoms with Gasteiger partial charge in [0.25, 0.3) is 0 Å². The van der Waals surface area contributed by atoms with E-state index < -0.39 is 5.60 Å². The standard InChI is InChI=1S/C19H35N3O3/c1-5-10-21-12-8-16(9-13-21)20-17(23)15-7-6-11-22(14-15)18(24)25-19(2,3)4/h15-16H,5-14H2,1-4H3,(H,20,23)/t15-/m0/s1. The fourth-order valence-corrected chi connectivity index (χ4v) is 3.62. The van der Waals surface area contributed by atoms with Crippen LogP contribution in [-0.4, -0.2) is 66.2 Å². The van der Waals surface area contributed by atoms with Gasteiger partial charge in [0.05, 0.1) is 5.92 Å². The van der Waals surface area contributed by atoms with E-state index in [1.807, 2.05) is 20.8 Å². The number of amides is 2. The summed E-state index contributed by atoms with van der Waals surface area (Å²) in [5.74, 6) is -0.0165. The number of carbonyl (C=O) groups is 2. The molecule has 0 aliphatic carbocycles. The fourth-order valence-electron chi connectivity index (χ4n) is 3.62. The molecule has 0 spiro atoms. The fraction of sp³-hybridized carbons (Fsp3) is 0.895. The average Bonchev–Trinajstić information content (AvgIpc) is 2.55. The van der Waals surface area contributed by atoms with Gasteiger partial charge in [-0.05, 0) is 59.4 Å². The van der Waals surface area contributed by atoms with Crippen LogP contribution in [0, 0.1) is 5.92 Å². The van der Waals surface area contributed by atoms with Gasteiger partial charge in [0.2, 0.25) is 5.91 Å². The van der Waals surface area contributed by atoms with Crippen molar-refractivity contribution >= 4 is 12.0 Å². The van der Waals surface area contributed by atoms with Gasteiger partial charge >= 0.3 is 6.09 Å². The Balaban J connectivity index is 1.79. The molecule has 6 nitrogen and oxygen atoms in total. The lowest BCUT2D eigenvalue weighted by atomic mass is 9.96. The van der Waals surface area contributed by atoms with Gasteiger partial charge in [-0.25, -0.2) is 4.79 Å². The minimum atomic E-state index is -0.501. The van der Waals surface area contributed by atoms with Crippen LogP contribution in [0.5, 0.6) is 0 Å². The Morgan fingerprint density at radius 1 is 1.12 bits per heavy atom. The highest BCUT2D eigenvalue weighted by Gasteiger charge is 2.32. The second kappa shape index (κ2) is 8.88. The first kappa shape index (κ1) is 20.0. The molecule has 0 aromatic carbocycles. The summed E-state index contributed by atoms with van der Waals surface area (Å²) in [7, 11) is 0. The molecule has 1 atom stereocenters. The third-order valence-electron chi connectivity index (χ3n) is 4.92. The van der Waals surface area contributed by atoms with E-state index in [4.69, 9.17) is 4.74 Å². The zero-order valence-corrected chi connectivity index (χ0v) is 16.3. The van der Waals surface area contributed by atoms with Gasteiger partial charge < -0.3 is 19.9 Å². The van der Waals surface area contributed by atoms with E-state index in [2.05, 4.69) is 17.1 Å². The molecule has 2 aliphatic rings. The second-order valence-electron chi connectivity index (χ2n) is 8.39. The molecule has 0 radical (unpaired) electrons. The lowest BCUT2D eigenvalue weighted by Crippen LogP contribution is -2.50. The molecule has 0 saturated carbocycles. The molecule has 0 bridgehead atoms. The second-order valence-corrected chi connectivity index (χ2v) is 8.39. The summed E-state index contributed by atoms with van der Waals surface area (Å²) in [5.41, 5.74) is -0.501. The molecular weight excluding hydrogens is 318 g/mol. The maximum atomic E-state index is 12.6. The number of nitrogens with zero attached hydrogens (tertiary/aromatic N) is 2. The molecule has 2 aliphatic heterocycles. The molecule has 0 aromatic heterocycles. The predicted octanol–water partition coefficient (Wildman–Crippen LogP) is 2.62. The summed E-state index contributed by atoms with van der Waals surface area (Å²) in [6.45, 7) is 12.2. The number of hydrogen-bond donors (Lipinski definition) is 1. The van der Waals surface area contributed by atoms with Crippen LogP contribution in [0.3, 0.4) is 0 Å². The molecule has 0 unspecified atom stereocenters. The zero-order valence-electron chi connectivity index (χ0n) is 16.3. The lowest BCUT2D eigenvalue weighted by molar-refractivity contribution is -0.127. The van der Waals surface area contributed by atoms with Crippen LogP contribution >= 0.6 is 0 Å². The maximum absolute atomic E-state index is 12.6. The number of hydrogen-bond acceptors (Lipinski definition) is 4. The number of likely N-dealkylation sites (tertiary alicyclic amines) is 2. The number of nitrogens with one attached hydrogen (secondary N) is 1. The summed E-state index contributed by atoms with van der Waals surface area (Å²) < 4.78 is 5.44. The minimum Gasteiger partial charge on any atom is -0.444 e. The van der Waals surface area contributed by atoms with Crippen LogP contribution in [0.4, 0.5) is 4.79 Å².